The van der Waals surface area contributed by atoms with Crippen LogP contribution in [0.25, 0.3) is 5.57 Å². The normalized spacial score (nSPS) is 22.2. The Morgan fingerprint density at radius 2 is 1.94 bits per heavy atom. The van der Waals surface area contributed by atoms with Gasteiger partial charge in [0, 0.05) is 55.8 Å². The maximum atomic E-state index is 13.9. The van der Waals surface area contributed by atoms with Gasteiger partial charge in [-0.1, -0.05) is 6.07 Å². The summed E-state index contributed by atoms with van der Waals surface area (Å²) in [5, 5.41) is 8.99. The van der Waals surface area contributed by atoms with Crippen LogP contribution in [-0.2, 0) is 23.9 Å². The molecule has 0 spiro atoms. The zero-order chi connectivity index (χ0) is 25.7. The van der Waals surface area contributed by atoms with Crippen LogP contribution in [0.4, 0.5) is 22.0 Å². The molecule has 0 amide bonds. The number of benzene rings is 2. The third kappa shape index (κ3) is 4.91. The van der Waals surface area contributed by atoms with E-state index in [-0.39, 0.29) is 44.6 Å². The van der Waals surface area contributed by atoms with E-state index in [4.69, 9.17) is 14.6 Å². The van der Waals surface area contributed by atoms with Crippen molar-refractivity contribution in [3.05, 3.63) is 64.2 Å². The van der Waals surface area contributed by atoms with Gasteiger partial charge < -0.3 is 14.6 Å². The summed E-state index contributed by atoms with van der Waals surface area (Å²) < 4.78 is 80.4. The van der Waals surface area contributed by atoms with Crippen molar-refractivity contribution in [3.63, 3.8) is 0 Å². The minimum Gasteiger partial charge on any atom is -0.488 e. The highest BCUT2D eigenvalue weighted by Gasteiger charge is 2.39. The molecule has 0 radical (unpaired) electrons. The van der Waals surface area contributed by atoms with Gasteiger partial charge in [0.1, 0.15) is 24.2 Å². The fraction of sp³-hybridized carbons (Fsp3) is 0.423. The van der Waals surface area contributed by atoms with Crippen molar-refractivity contribution in [2.24, 2.45) is 0 Å². The van der Waals surface area contributed by atoms with Gasteiger partial charge in [-0.25, -0.2) is 13.6 Å². The van der Waals surface area contributed by atoms with Crippen LogP contribution in [-0.4, -0.2) is 41.6 Å². The molecule has 2 aliphatic heterocycles. The van der Waals surface area contributed by atoms with Crippen LogP contribution in [0.3, 0.4) is 0 Å². The van der Waals surface area contributed by atoms with Crippen LogP contribution in [0.2, 0.25) is 0 Å². The highest BCUT2D eigenvalue weighted by Crippen LogP contribution is 2.44. The van der Waals surface area contributed by atoms with Gasteiger partial charge in [0.05, 0.1) is 5.56 Å². The van der Waals surface area contributed by atoms with E-state index in [9.17, 15) is 26.7 Å². The molecule has 1 N–H and O–H groups in total. The summed E-state index contributed by atoms with van der Waals surface area (Å²) in [6.07, 6.45) is -3.80. The topological polar surface area (TPSA) is 59.0 Å². The molecule has 10 heteroatoms. The Labute approximate surface area is 204 Å². The summed E-state index contributed by atoms with van der Waals surface area (Å²) in [5.41, 5.74) is 1.82. The molecule has 2 heterocycles. The molecule has 36 heavy (non-hydrogen) atoms. The highest BCUT2D eigenvalue weighted by atomic mass is 19.4. The quantitative estimate of drug-likeness (QED) is 0.404. The largest absolute Gasteiger partial charge is 0.488 e. The summed E-state index contributed by atoms with van der Waals surface area (Å²) in [6, 6.07) is 7.53. The van der Waals surface area contributed by atoms with Gasteiger partial charge in [0.2, 0.25) is 0 Å². The lowest BCUT2D eigenvalue weighted by Crippen LogP contribution is -2.39. The molecule has 0 bridgehead atoms. The highest BCUT2D eigenvalue weighted by molar-refractivity contribution is 5.92. The number of halogens is 5. The van der Waals surface area contributed by atoms with E-state index in [0.29, 0.717) is 46.6 Å². The number of nitrogens with zero attached hydrogens (tertiary/aromatic N) is 1. The van der Waals surface area contributed by atoms with Crippen LogP contribution < -0.4 is 9.47 Å². The fourth-order valence-corrected chi connectivity index (χ4v) is 5.20. The minimum absolute atomic E-state index is 0.0355. The van der Waals surface area contributed by atoms with Gasteiger partial charge in [0.15, 0.2) is 0 Å². The van der Waals surface area contributed by atoms with E-state index in [1.807, 2.05) is 0 Å². The first kappa shape index (κ1) is 24.5. The lowest BCUT2D eigenvalue weighted by molar-refractivity contribution is -0.138. The van der Waals surface area contributed by atoms with Crippen molar-refractivity contribution >= 4 is 11.5 Å². The number of likely N-dealkylation sites (tertiary alicyclic amines) is 1. The number of rotatable bonds is 5. The Kier molecular flexibility index (Phi) is 6.18. The predicted molar refractivity (Wildman–Crippen MR) is 120 cm³/mol. The van der Waals surface area contributed by atoms with Crippen molar-refractivity contribution in [3.8, 4) is 11.5 Å². The molecule has 1 atom stereocenters. The standard InChI is InChI=1S/C26H24F5NO4/c27-25(28)7-9-32(10-8-25)13-20-18-4-6-22(19(18)3-5-21(20)26(29,30)31)36-16-1-2-17-15(11-24(33)34)14-35-23(17)12-16/h1-3,5,11-12,22H,4,6-10,13-14H2,(H,33,34)/b15-11+/t22-/m1/s1. The molecule has 1 aliphatic carbocycles. The lowest BCUT2D eigenvalue weighted by atomic mass is 9.95. The minimum atomic E-state index is -4.55. The molecule has 0 aromatic heterocycles. The molecule has 5 nitrogen and oxygen atoms in total. The van der Waals surface area contributed by atoms with E-state index in [1.54, 1.807) is 23.1 Å². The maximum Gasteiger partial charge on any atom is 0.416 e. The van der Waals surface area contributed by atoms with Crippen LogP contribution in [0.15, 0.2) is 36.4 Å². The third-order valence-electron chi connectivity index (χ3n) is 7.00. The molecule has 5 rings (SSSR count). The third-order valence-corrected chi connectivity index (χ3v) is 7.00. The second kappa shape index (κ2) is 9.06. The van der Waals surface area contributed by atoms with Crippen molar-refractivity contribution < 1.29 is 41.3 Å². The molecular formula is C26H24F5NO4. The molecule has 3 aliphatic rings. The van der Waals surface area contributed by atoms with Gasteiger partial charge in [0.25, 0.3) is 5.92 Å². The number of alkyl halides is 5. The first-order chi connectivity index (χ1) is 17.0. The molecule has 2 aromatic rings. The van der Waals surface area contributed by atoms with Crippen LogP contribution in [0.5, 0.6) is 11.5 Å². The fourth-order valence-electron chi connectivity index (χ4n) is 5.20. The summed E-state index contributed by atoms with van der Waals surface area (Å²) >= 11 is 0. The summed E-state index contributed by atoms with van der Waals surface area (Å²) in [4.78, 5) is 12.6. The Balaban J connectivity index is 1.39. The predicted octanol–water partition coefficient (Wildman–Crippen LogP) is 5.86. The van der Waals surface area contributed by atoms with E-state index in [2.05, 4.69) is 0 Å². The number of ether oxygens (including phenoxy) is 2. The van der Waals surface area contributed by atoms with E-state index in [1.165, 1.54) is 6.07 Å². The van der Waals surface area contributed by atoms with Crippen molar-refractivity contribution in [2.45, 2.75) is 50.4 Å². The average molecular weight is 509 g/mol. The number of carboxylic acid groups (broad SMARTS) is 1. The lowest BCUT2D eigenvalue weighted by Gasteiger charge is -2.33. The first-order valence-corrected chi connectivity index (χ1v) is 11.7. The maximum absolute atomic E-state index is 13.9. The second-order valence-corrected chi connectivity index (χ2v) is 9.39. The molecule has 0 unspecified atom stereocenters. The number of piperidine rings is 1. The second-order valence-electron chi connectivity index (χ2n) is 9.39. The molecule has 0 saturated carbocycles. The average Bonchev–Trinajstić information content (AvgIpc) is 3.38. The van der Waals surface area contributed by atoms with Crippen molar-refractivity contribution in [2.75, 3.05) is 19.7 Å². The van der Waals surface area contributed by atoms with Crippen LogP contribution in [0.1, 0.15) is 53.2 Å². The number of hydrogen-bond acceptors (Lipinski definition) is 4. The van der Waals surface area contributed by atoms with E-state index >= 15 is 0 Å². The number of carbonyl (C=O) groups is 1. The van der Waals surface area contributed by atoms with Gasteiger partial charge in [-0.3, -0.25) is 4.90 Å². The SMILES string of the molecule is O=C(O)/C=C1\COc2cc(O[C@@H]3CCc4c3ccc(C(F)(F)F)c4CN3CCC(F)(F)CC3)ccc21. The number of fused-ring (bicyclic) bond motifs is 2. The monoisotopic (exact) mass is 509 g/mol. The molecule has 192 valence electrons. The zero-order valence-electron chi connectivity index (χ0n) is 19.2. The van der Waals surface area contributed by atoms with Crippen LogP contribution in [0, 0.1) is 0 Å². The molecule has 1 saturated heterocycles. The number of hydrogen-bond donors (Lipinski definition) is 1. The van der Waals surface area contributed by atoms with Crippen molar-refractivity contribution in [1.82, 2.24) is 4.90 Å². The molecule has 2 aromatic carbocycles. The Morgan fingerprint density at radius 3 is 2.64 bits per heavy atom. The Bertz CT molecular complexity index is 1210. The zero-order valence-corrected chi connectivity index (χ0v) is 19.2. The van der Waals surface area contributed by atoms with Gasteiger partial charge in [-0.05, 0) is 47.7 Å². The molecule has 1 fully saturated rings. The van der Waals surface area contributed by atoms with E-state index < -0.39 is 29.7 Å². The van der Waals surface area contributed by atoms with Gasteiger partial charge in [-0.15, -0.1) is 0 Å². The first-order valence-electron chi connectivity index (χ1n) is 11.7. The smallest absolute Gasteiger partial charge is 0.416 e. The summed E-state index contributed by atoms with van der Waals surface area (Å²) in [7, 11) is 0. The van der Waals surface area contributed by atoms with Crippen LogP contribution >= 0.6 is 0 Å². The van der Waals surface area contributed by atoms with Gasteiger partial charge in [-0.2, -0.15) is 13.2 Å². The van der Waals surface area contributed by atoms with Crippen molar-refractivity contribution in [1.29, 1.82) is 0 Å². The Morgan fingerprint density at radius 1 is 1.19 bits per heavy atom. The number of carboxylic acids is 1. The summed E-state index contributed by atoms with van der Waals surface area (Å²) in [5.74, 6) is -2.90. The van der Waals surface area contributed by atoms with E-state index in [0.717, 1.165) is 12.1 Å². The summed E-state index contributed by atoms with van der Waals surface area (Å²) in [6.45, 7) is 0.179. The molecular weight excluding hydrogens is 485 g/mol. The number of aliphatic carboxylic acids is 1. The Hall–Kier alpha value is -3.14. The van der Waals surface area contributed by atoms with Gasteiger partial charge >= 0.3 is 12.1 Å².